The van der Waals surface area contributed by atoms with Crippen LogP contribution in [0.5, 0.6) is 5.75 Å². The van der Waals surface area contributed by atoms with Crippen molar-refractivity contribution >= 4 is 11.7 Å². The van der Waals surface area contributed by atoms with Gasteiger partial charge >= 0.3 is 5.97 Å². The largest absolute Gasteiger partial charge is 0.487 e. The maximum absolute atomic E-state index is 12.3. The van der Waals surface area contributed by atoms with Crippen LogP contribution < -0.4 is 9.64 Å². The molecule has 200 valence electrons. The highest BCUT2D eigenvalue weighted by Gasteiger charge is 2.40. The van der Waals surface area contributed by atoms with Crippen molar-refractivity contribution in [2.75, 3.05) is 4.90 Å². The van der Waals surface area contributed by atoms with Crippen molar-refractivity contribution in [3.8, 4) is 5.75 Å². The van der Waals surface area contributed by atoms with Crippen LogP contribution in [0.4, 0.5) is 5.69 Å². The second kappa shape index (κ2) is 10.5. The van der Waals surface area contributed by atoms with Crippen molar-refractivity contribution in [3.63, 3.8) is 0 Å². The van der Waals surface area contributed by atoms with E-state index in [0.29, 0.717) is 6.42 Å². The standard InChI is InChI=1S/C33H39NO4/c1-21-27-18-33(4,5)38-32(27)30(22(2)28-16-26(35)17-29(36)37-28)23(3)31(21)34(19-24-12-8-6-9-13-24)20-25-14-10-7-11-15-25/h6-15,22,26,28,35H,16-20H2,1-5H3/t22?,26-,28+/m1/s1. The summed E-state index contributed by atoms with van der Waals surface area (Å²) in [6.45, 7) is 12.3. The molecule has 0 amide bonds. The third kappa shape index (κ3) is 5.30. The van der Waals surface area contributed by atoms with Crippen molar-refractivity contribution in [1.82, 2.24) is 0 Å². The Hall–Kier alpha value is -3.31. The monoisotopic (exact) mass is 513 g/mol. The average Bonchev–Trinajstić information content (AvgIpc) is 3.19. The predicted octanol–water partition coefficient (Wildman–Crippen LogP) is 6.39. The average molecular weight is 514 g/mol. The van der Waals surface area contributed by atoms with Crippen LogP contribution in [0.2, 0.25) is 0 Å². The number of aliphatic hydroxyl groups excluding tert-OH is 1. The molecule has 3 aromatic carbocycles. The van der Waals surface area contributed by atoms with Gasteiger partial charge in [0.1, 0.15) is 17.5 Å². The van der Waals surface area contributed by atoms with Crippen LogP contribution in [-0.2, 0) is 29.0 Å². The summed E-state index contributed by atoms with van der Waals surface area (Å²) >= 11 is 0. The fourth-order valence-corrected chi connectivity index (χ4v) is 6.27. The number of nitrogens with zero attached hydrogens (tertiary/aromatic N) is 1. The third-order valence-electron chi connectivity index (χ3n) is 8.02. The van der Waals surface area contributed by atoms with Gasteiger partial charge < -0.3 is 19.5 Å². The number of hydrogen-bond donors (Lipinski definition) is 1. The molecule has 1 fully saturated rings. The van der Waals surface area contributed by atoms with E-state index >= 15 is 0 Å². The zero-order valence-electron chi connectivity index (χ0n) is 23.2. The van der Waals surface area contributed by atoms with Crippen LogP contribution in [0.3, 0.4) is 0 Å². The van der Waals surface area contributed by atoms with E-state index in [-0.39, 0.29) is 23.9 Å². The first-order valence-electron chi connectivity index (χ1n) is 13.7. The van der Waals surface area contributed by atoms with Gasteiger partial charge in [-0.25, -0.2) is 0 Å². The zero-order chi connectivity index (χ0) is 27.0. The molecule has 1 unspecified atom stereocenters. The van der Waals surface area contributed by atoms with E-state index in [1.807, 2.05) is 0 Å². The highest BCUT2D eigenvalue weighted by atomic mass is 16.5. The Labute approximate surface area is 226 Å². The molecule has 0 radical (unpaired) electrons. The van der Waals surface area contributed by atoms with Crippen molar-refractivity contribution in [1.29, 1.82) is 0 Å². The molecular weight excluding hydrogens is 474 g/mol. The van der Waals surface area contributed by atoms with Gasteiger partial charge in [0, 0.05) is 48.7 Å². The van der Waals surface area contributed by atoms with Gasteiger partial charge in [0.25, 0.3) is 0 Å². The van der Waals surface area contributed by atoms with Crippen molar-refractivity contribution in [2.24, 2.45) is 0 Å². The first kappa shape index (κ1) is 26.3. The summed E-state index contributed by atoms with van der Waals surface area (Å²) < 4.78 is 12.4. The number of ether oxygens (including phenoxy) is 2. The lowest BCUT2D eigenvalue weighted by Crippen LogP contribution is -2.36. The molecule has 0 spiro atoms. The number of aliphatic hydroxyl groups is 1. The molecular formula is C33H39NO4. The fraction of sp³-hybridized carbons (Fsp3) is 0.424. The quantitative estimate of drug-likeness (QED) is 0.371. The van der Waals surface area contributed by atoms with Gasteiger partial charge in [0.15, 0.2) is 0 Å². The van der Waals surface area contributed by atoms with Gasteiger partial charge in [-0.1, -0.05) is 67.6 Å². The summed E-state index contributed by atoms with van der Waals surface area (Å²) in [5.74, 6) is 0.473. The van der Waals surface area contributed by atoms with Gasteiger partial charge in [-0.15, -0.1) is 0 Å². The minimum atomic E-state index is -0.674. The zero-order valence-corrected chi connectivity index (χ0v) is 23.2. The fourth-order valence-electron chi connectivity index (χ4n) is 6.27. The molecule has 5 heteroatoms. The number of rotatable bonds is 7. The molecule has 3 atom stereocenters. The van der Waals surface area contributed by atoms with Crippen molar-refractivity contribution in [2.45, 2.75) is 90.7 Å². The Kier molecular flexibility index (Phi) is 7.23. The van der Waals surface area contributed by atoms with Gasteiger partial charge in [0.05, 0.1) is 12.5 Å². The van der Waals surface area contributed by atoms with Gasteiger partial charge in [-0.05, 0) is 49.9 Å². The van der Waals surface area contributed by atoms with Crippen LogP contribution in [0.1, 0.15) is 72.9 Å². The summed E-state index contributed by atoms with van der Waals surface area (Å²) in [5, 5.41) is 10.4. The molecule has 0 aliphatic carbocycles. The lowest BCUT2D eigenvalue weighted by atomic mass is 9.82. The summed E-state index contributed by atoms with van der Waals surface area (Å²) in [6.07, 6.45) is 0.246. The van der Waals surface area contributed by atoms with E-state index in [0.717, 1.165) is 36.4 Å². The number of carbonyl (C=O) groups is 1. The number of esters is 1. The Morgan fingerprint density at radius 1 is 0.974 bits per heavy atom. The lowest BCUT2D eigenvalue weighted by Gasteiger charge is -2.35. The highest BCUT2D eigenvalue weighted by molar-refractivity contribution is 5.73. The molecule has 1 N–H and O–H groups in total. The number of carbonyl (C=O) groups excluding carboxylic acids is 1. The number of benzene rings is 3. The van der Waals surface area contributed by atoms with Gasteiger partial charge in [-0.3, -0.25) is 4.79 Å². The normalized spacial score (nSPS) is 20.8. The molecule has 0 saturated carbocycles. The van der Waals surface area contributed by atoms with E-state index < -0.39 is 12.2 Å². The van der Waals surface area contributed by atoms with E-state index in [9.17, 15) is 9.90 Å². The Morgan fingerprint density at radius 2 is 1.55 bits per heavy atom. The number of hydrogen-bond acceptors (Lipinski definition) is 5. The summed E-state index contributed by atoms with van der Waals surface area (Å²) in [4.78, 5) is 14.7. The van der Waals surface area contributed by atoms with Crippen LogP contribution in [0.25, 0.3) is 0 Å². The van der Waals surface area contributed by atoms with Gasteiger partial charge in [-0.2, -0.15) is 0 Å². The minimum Gasteiger partial charge on any atom is -0.487 e. The molecule has 0 aromatic heterocycles. The Morgan fingerprint density at radius 3 is 2.11 bits per heavy atom. The summed E-state index contributed by atoms with van der Waals surface area (Å²) in [5.41, 5.74) is 8.09. The molecule has 3 aromatic rings. The van der Waals surface area contributed by atoms with E-state index in [1.165, 1.54) is 27.9 Å². The topological polar surface area (TPSA) is 59.0 Å². The molecule has 2 aliphatic heterocycles. The maximum atomic E-state index is 12.3. The van der Waals surface area contributed by atoms with E-state index in [1.54, 1.807) is 0 Å². The first-order valence-corrected chi connectivity index (χ1v) is 13.7. The van der Waals surface area contributed by atoms with Gasteiger partial charge in [0.2, 0.25) is 0 Å². The summed E-state index contributed by atoms with van der Waals surface area (Å²) in [6, 6.07) is 21.2. The molecule has 2 aliphatic rings. The molecule has 5 rings (SSSR count). The first-order chi connectivity index (χ1) is 18.1. The molecule has 2 heterocycles. The van der Waals surface area contributed by atoms with Crippen molar-refractivity contribution < 1.29 is 19.4 Å². The van der Waals surface area contributed by atoms with E-state index in [4.69, 9.17) is 9.47 Å². The van der Waals surface area contributed by atoms with Crippen LogP contribution >= 0.6 is 0 Å². The van der Waals surface area contributed by atoms with Crippen molar-refractivity contribution in [3.05, 3.63) is 94.0 Å². The predicted molar refractivity (Wildman–Crippen MR) is 151 cm³/mol. The molecule has 0 bridgehead atoms. The third-order valence-corrected chi connectivity index (χ3v) is 8.02. The number of fused-ring (bicyclic) bond motifs is 1. The molecule has 1 saturated heterocycles. The smallest absolute Gasteiger partial charge is 0.308 e. The van der Waals surface area contributed by atoms with E-state index in [2.05, 4.69) is 100 Å². The highest BCUT2D eigenvalue weighted by Crippen LogP contribution is 2.50. The number of anilines is 1. The Balaban J connectivity index is 1.65. The second-order valence-electron chi connectivity index (χ2n) is 11.6. The molecule has 5 nitrogen and oxygen atoms in total. The second-order valence-corrected chi connectivity index (χ2v) is 11.6. The SMILES string of the molecule is Cc1c2c(c(C(C)[C@@H]3C[C@@H](O)CC(=O)O3)c(C)c1N(Cc1ccccc1)Cc1ccccc1)OC(C)(C)C2. The number of cyclic esters (lactones) is 1. The Bertz CT molecular complexity index is 1260. The maximum Gasteiger partial charge on any atom is 0.308 e. The molecule has 38 heavy (non-hydrogen) atoms. The van der Waals surface area contributed by atoms with Crippen LogP contribution in [-0.4, -0.2) is 28.9 Å². The van der Waals surface area contributed by atoms with Crippen LogP contribution in [0.15, 0.2) is 60.7 Å². The van der Waals surface area contributed by atoms with Crippen LogP contribution in [0, 0.1) is 13.8 Å². The minimum absolute atomic E-state index is 0.0604. The lowest BCUT2D eigenvalue weighted by molar-refractivity contribution is -0.161. The summed E-state index contributed by atoms with van der Waals surface area (Å²) in [7, 11) is 0.